The maximum atomic E-state index is 11.8. The van der Waals surface area contributed by atoms with E-state index in [2.05, 4.69) is 11.3 Å². The molecule has 0 aromatic heterocycles. The monoisotopic (exact) mass is 326 g/mol. The molecular weight excluding hydrogens is 307 g/mol. The number of carbonyl (C=O) groups excluding carboxylic acids is 2. The van der Waals surface area contributed by atoms with Crippen molar-refractivity contribution < 1.29 is 28.2 Å². The highest BCUT2D eigenvalue weighted by atomic mass is 31.1. The highest BCUT2D eigenvalue weighted by Gasteiger charge is 2.09. The Hall–Kier alpha value is -1.91. The number of ether oxygens (including phenoxy) is 2. The van der Waals surface area contributed by atoms with Crippen LogP contribution in [0.2, 0.25) is 0 Å². The molecule has 7 heteroatoms. The molecule has 0 saturated heterocycles. The number of esters is 2. The van der Waals surface area contributed by atoms with Crippen LogP contribution in [-0.4, -0.2) is 32.3 Å². The third kappa shape index (κ3) is 6.70. The normalized spacial score (nSPS) is 11.5. The fourth-order valence-electron chi connectivity index (χ4n) is 1.49. The Morgan fingerprint density at radius 1 is 1.14 bits per heavy atom. The molecule has 0 aliphatic rings. The zero-order valence-electron chi connectivity index (χ0n) is 12.4. The Labute approximate surface area is 129 Å². The van der Waals surface area contributed by atoms with Gasteiger partial charge in [-0.25, -0.2) is 4.79 Å². The number of rotatable bonds is 9. The van der Waals surface area contributed by atoms with Crippen molar-refractivity contribution in [3.05, 3.63) is 42.5 Å². The van der Waals surface area contributed by atoms with Crippen molar-refractivity contribution >= 4 is 25.3 Å². The van der Waals surface area contributed by atoms with Crippen molar-refractivity contribution in [1.29, 1.82) is 0 Å². The van der Waals surface area contributed by atoms with Gasteiger partial charge in [-0.05, 0) is 12.1 Å². The second kappa shape index (κ2) is 9.92. The maximum absolute atomic E-state index is 11.8. The van der Waals surface area contributed by atoms with Crippen LogP contribution in [0.15, 0.2) is 42.5 Å². The predicted molar refractivity (Wildman–Crippen MR) is 82.4 cm³/mol. The minimum Gasteiger partial charge on any atom is -0.466 e. The van der Waals surface area contributed by atoms with E-state index < -0.39 is 20.0 Å². The van der Waals surface area contributed by atoms with Crippen molar-refractivity contribution in [2.45, 2.75) is 12.8 Å². The van der Waals surface area contributed by atoms with E-state index in [0.717, 1.165) is 0 Å². The fourth-order valence-corrected chi connectivity index (χ4v) is 2.41. The molecule has 0 fully saturated rings. The lowest BCUT2D eigenvalue weighted by Gasteiger charge is -2.07. The summed E-state index contributed by atoms with van der Waals surface area (Å²) in [4.78, 5) is 22.5. The van der Waals surface area contributed by atoms with Gasteiger partial charge in [-0.15, -0.1) is 0 Å². The van der Waals surface area contributed by atoms with Crippen LogP contribution in [0.4, 0.5) is 0 Å². The van der Waals surface area contributed by atoms with E-state index in [9.17, 15) is 14.2 Å². The van der Waals surface area contributed by atoms with Crippen molar-refractivity contribution in [3.63, 3.8) is 0 Å². The lowest BCUT2D eigenvalue weighted by Crippen LogP contribution is -2.11. The van der Waals surface area contributed by atoms with Crippen LogP contribution in [0.25, 0.3) is 0 Å². The van der Waals surface area contributed by atoms with Crippen molar-refractivity contribution in [2.75, 3.05) is 20.3 Å². The predicted octanol–water partition coefficient (Wildman–Crippen LogP) is 1.86. The van der Waals surface area contributed by atoms with Gasteiger partial charge in [0.2, 0.25) is 8.03 Å². The molecule has 0 aliphatic carbocycles. The first-order valence-corrected chi connectivity index (χ1v) is 8.00. The average molecular weight is 326 g/mol. The second-order valence-corrected chi connectivity index (χ2v) is 5.76. The van der Waals surface area contributed by atoms with Crippen LogP contribution >= 0.6 is 8.03 Å². The molecular formula is C15H19O6P. The Bertz CT molecular complexity index is 540. The molecule has 0 heterocycles. The number of benzene rings is 1. The summed E-state index contributed by atoms with van der Waals surface area (Å²) in [5.41, 5.74) is 0.237. The van der Waals surface area contributed by atoms with Crippen molar-refractivity contribution in [3.8, 4) is 0 Å². The van der Waals surface area contributed by atoms with E-state index in [-0.39, 0.29) is 31.6 Å². The first-order valence-electron chi connectivity index (χ1n) is 6.68. The topological polar surface area (TPSA) is 78.9 Å². The van der Waals surface area contributed by atoms with E-state index in [0.29, 0.717) is 5.30 Å². The summed E-state index contributed by atoms with van der Waals surface area (Å²) in [6.45, 7) is 3.57. The van der Waals surface area contributed by atoms with Gasteiger partial charge in [0.05, 0.1) is 26.7 Å². The van der Waals surface area contributed by atoms with Gasteiger partial charge < -0.3 is 14.0 Å². The van der Waals surface area contributed by atoms with E-state index >= 15 is 0 Å². The van der Waals surface area contributed by atoms with Crippen molar-refractivity contribution in [1.82, 2.24) is 0 Å². The summed E-state index contributed by atoms with van der Waals surface area (Å²) in [6.07, 6.45) is 0.202. The SMILES string of the molecule is C=C(CCOC(=O)CCO[PH](=O)c1ccccc1)C(=O)OC. The molecule has 1 atom stereocenters. The van der Waals surface area contributed by atoms with Crippen LogP contribution in [0.3, 0.4) is 0 Å². The first-order chi connectivity index (χ1) is 10.5. The smallest absolute Gasteiger partial charge is 0.333 e. The molecule has 22 heavy (non-hydrogen) atoms. The largest absolute Gasteiger partial charge is 0.466 e. The molecule has 0 N–H and O–H groups in total. The molecule has 6 nitrogen and oxygen atoms in total. The van der Waals surface area contributed by atoms with E-state index in [1.54, 1.807) is 24.3 Å². The molecule has 1 aromatic carbocycles. The van der Waals surface area contributed by atoms with E-state index in [4.69, 9.17) is 9.26 Å². The Morgan fingerprint density at radius 2 is 1.82 bits per heavy atom. The zero-order valence-corrected chi connectivity index (χ0v) is 13.4. The van der Waals surface area contributed by atoms with Gasteiger partial charge in [0.1, 0.15) is 0 Å². The standard InChI is InChI=1S/C15H19O6P/c1-12(15(17)19-2)8-10-20-14(16)9-11-21-22(18)13-6-4-3-5-7-13/h3-7,22H,1,8-11H2,2H3. The van der Waals surface area contributed by atoms with Gasteiger partial charge in [-0.3, -0.25) is 9.36 Å². The van der Waals surface area contributed by atoms with Crippen LogP contribution in [-0.2, 0) is 28.2 Å². The summed E-state index contributed by atoms with van der Waals surface area (Å²) < 4.78 is 26.3. The Kier molecular flexibility index (Phi) is 8.18. The summed E-state index contributed by atoms with van der Waals surface area (Å²) in [6, 6.07) is 8.77. The Morgan fingerprint density at radius 3 is 2.45 bits per heavy atom. The molecule has 0 spiro atoms. The fraction of sp³-hybridized carbons (Fsp3) is 0.333. The van der Waals surface area contributed by atoms with Crippen LogP contribution < -0.4 is 5.30 Å². The van der Waals surface area contributed by atoms with Gasteiger partial charge in [-0.2, -0.15) is 0 Å². The highest BCUT2D eigenvalue weighted by molar-refractivity contribution is 7.48. The minimum absolute atomic E-state index is 0.00601. The third-order valence-corrected chi connectivity index (χ3v) is 3.96. The van der Waals surface area contributed by atoms with Gasteiger partial charge in [0.15, 0.2) is 0 Å². The molecule has 1 unspecified atom stereocenters. The van der Waals surface area contributed by atoms with E-state index in [1.165, 1.54) is 7.11 Å². The molecule has 0 radical (unpaired) electrons. The maximum Gasteiger partial charge on any atom is 0.333 e. The molecule has 0 amide bonds. The lowest BCUT2D eigenvalue weighted by molar-refractivity contribution is -0.145. The highest BCUT2D eigenvalue weighted by Crippen LogP contribution is 2.21. The Balaban J connectivity index is 2.17. The quantitative estimate of drug-likeness (QED) is 0.391. The molecule has 1 rings (SSSR count). The van der Waals surface area contributed by atoms with Gasteiger partial charge in [0.25, 0.3) is 0 Å². The van der Waals surface area contributed by atoms with Gasteiger partial charge in [-0.1, -0.05) is 24.8 Å². The first kappa shape index (κ1) is 18.1. The number of hydrogen-bond donors (Lipinski definition) is 0. The van der Waals surface area contributed by atoms with Gasteiger partial charge >= 0.3 is 11.9 Å². The summed E-state index contributed by atoms with van der Waals surface area (Å²) in [7, 11) is -1.09. The van der Waals surface area contributed by atoms with Gasteiger partial charge in [0, 0.05) is 17.3 Å². The number of carbonyl (C=O) groups is 2. The molecule has 120 valence electrons. The third-order valence-electron chi connectivity index (χ3n) is 2.69. The number of methoxy groups -OCH3 is 1. The van der Waals surface area contributed by atoms with Crippen LogP contribution in [0.5, 0.6) is 0 Å². The van der Waals surface area contributed by atoms with Crippen LogP contribution in [0.1, 0.15) is 12.8 Å². The lowest BCUT2D eigenvalue weighted by atomic mass is 10.2. The molecule has 0 aliphatic heterocycles. The zero-order chi connectivity index (χ0) is 16.4. The van der Waals surface area contributed by atoms with E-state index in [1.807, 2.05) is 6.07 Å². The summed E-state index contributed by atoms with van der Waals surface area (Å²) >= 11 is 0. The van der Waals surface area contributed by atoms with Crippen molar-refractivity contribution in [2.24, 2.45) is 0 Å². The molecule has 1 aromatic rings. The van der Waals surface area contributed by atoms with Crippen LogP contribution in [0, 0.1) is 0 Å². The molecule has 0 saturated carbocycles. The number of hydrogen-bond acceptors (Lipinski definition) is 6. The second-order valence-electron chi connectivity index (χ2n) is 4.32. The summed E-state index contributed by atoms with van der Waals surface area (Å²) in [5, 5.41) is 0.607. The minimum atomic E-state index is -2.34. The summed E-state index contributed by atoms with van der Waals surface area (Å²) in [5.74, 6) is -1.01. The molecule has 0 bridgehead atoms. The average Bonchev–Trinajstić information content (AvgIpc) is 2.54.